The number of nitrogens with one attached hydrogen (secondary N) is 1. The lowest BCUT2D eigenvalue weighted by molar-refractivity contribution is -0.138. The Morgan fingerprint density at radius 1 is 1.28 bits per heavy atom. The molecular formula is C13H16F3NO. The maximum Gasteiger partial charge on any atom is 0.419 e. The Kier molecular flexibility index (Phi) is 4.11. The van der Waals surface area contributed by atoms with Crippen LogP contribution in [0.15, 0.2) is 24.3 Å². The van der Waals surface area contributed by atoms with E-state index in [0.717, 1.165) is 31.9 Å². The molecule has 1 atom stereocenters. The van der Waals surface area contributed by atoms with Crippen LogP contribution in [0.25, 0.3) is 0 Å². The number of ether oxygens (including phenoxy) is 1. The summed E-state index contributed by atoms with van der Waals surface area (Å²) in [6, 6.07) is 5.71. The first kappa shape index (κ1) is 13.2. The van der Waals surface area contributed by atoms with Gasteiger partial charge < -0.3 is 10.1 Å². The monoisotopic (exact) mass is 259 g/mol. The molecule has 1 fully saturated rings. The van der Waals surface area contributed by atoms with E-state index in [1.807, 2.05) is 0 Å². The van der Waals surface area contributed by atoms with Gasteiger partial charge in [-0.05, 0) is 37.9 Å². The number of para-hydroxylation sites is 1. The van der Waals surface area contributed by atoms with Gasteiger partial charge in [0.15, 0.2) is 0 Å². The van der Waals surface area contributed by atoms with E-state index in [-0.39, 0.29) is 5.75 Å². The number of alkyl halides is 3. The highest BCUT2D eigenvalue weighted by Gasteiger charge is 2.34. The van der Waals surface area contributed by atoms with Crippen molar-refractivity contribution in [3.63, 3.8) is 0 Å². The minimum Gasteiger partial charge on any atom is -0.493 e. The van der Waals surface area contributed by atoms with Gasteiger partial charge in [-0.15, -0.1) is 0 Å². The van der Waals surface area contributed by atoms with Crippen LogP contribution in [0.5, 0.6) is 5.75 Å². The highest BCUT2D eigenvalue weighted by molar-refractivity contribution is 5.35. The van der Waals surface area contributed by atoms with Gasteiger partial charge in [0.25, 0.3) is 0 Å². The van der Waals surface area contributed by atoms with Gasteiger partial charge in [0.05, 0.1) is 12.2 Å². The standard InChI is InChI=1S/C13H16F3NO/c14-13(15,16)11-5-1-2-6-12(11)18-9-7-10-4-3-8-17-10/h1-2,5-6,10,17H,3-4,7-9H2. The Morgan fingerprint density at radius 2 is 2.06 bits per heavy atom. The van der Waals surface area contributed by atoms with Crippen molar-refractivity contribution in [2.75, 3.05) is 13.2 Å². The zero-order valence-electron chi connectivity index (χ0n) is 9.96. The van der Waals surface area contributed by atoms with Crippen molar-refractivity contribution in [1.82, 2.24) is 5.32 Å². The molecule has 1 unspecified atom stereocenters. The van der Waals surface area contributed by atoms with Crippen molar-refractivity contribution in [1.29, 1.82) is 0 Å². The van der Waals surface area contributed by atoms with Crippen LogP contribution in [0.1, 0.15) is 24.8 Å². The third-order valence-corrected chi connectivity index (χ3v) is 3.08. The van der Waals surface area contributed by atoms with E-state index in [1.165, 1.54) is 12.1 Å². The van der Waals surface area contributed by atoms with E-state index in [2.05, 4.69) is 5.32 Å². The Hall–Kier alpha value is -1.23. The van der Waals surface area contributed by atoms with Gasteiger partial charge in [-0.2, -0.15) is 13.2 Å². The third-order valence-electron chi connectivity index (χ3n) is 3.08. The van der Waals surface area contributed by atoms with Gasteiger partial charge in [0.1, 0.15) is 5.75 Å². The van der Waals surface area contributed by atoms with Gasteiger partial charge >= 0.3 is 6.18 Å². The molecule has 5 heteroatoms. The molecule has 100 valence electrons. The molecule has 0 aromatic heterocycles. The fraction of sp³-hybridized carbons (Fsp3) is 0.538. The molecule has 1 aromatic carbocycles. The summed E-state index contributed by atoms with van der Waals surface area (Å²) < 4.78 is 43.3. The van der Waals surface area contributed by atoms with Crippen molar-refractivity contribution >= 4 is 0 Å². The summed E-state index contributed by atoms with van der Waals surface area (Å²) >= 11 is 0. The van der Waals surface area contributed by atoms with Gasteiger partial charge in [-0.25, -0.2) is 0 Å². The molecule has 1 aliphatic heterocycles. The van der Waals surface area contributed by atoms with Crippen LogP contribution in [-0.4, -0.2) is 19.2 Å². The van der Waals surface area contributed by atoms with E-state index < -0.39 is 11.7 Å². The Balaban J connectivity index is 1.92. The van der Waals surface area contributed by atoms with Crippen LogP contribution < -0.4 is 10.1 Å². The number of rotatable bonds is 4. The van der Waals surface area contributed by atoms with Crippen LogP contribution in [0.2, 0.25) is 0 Å². The predicted molar refractivity (Wildman–Crippen MR) is 62.6 cm³/mol. The lowest BCUT2D eigenvalue weighted by atomic mass is 10.1. The molecule has 2 nitrogen and oxygen atoms in total. The molecule has 1 aromatic rings. The maximum absolute atomic E-state index is 12.7. The molecule has 0 saturated carbocycles. The SMILES string of the molecule is FC(F)(F)c1ccccc1OCCC1CCCN1. The number of hydrogen-bond acceptors (Lipinski definition) is 2. The third kappa shape index (κ3) is 3.38. The first-order chi connectivity index (χ1) is 8.57. The van der Waals surface area contributed by atoms with Crippen molar-refractivity contribution < 1.29 is 17.9 Å². The highest BCUT2D eigenvalue weighted by Crippen LogP contribution is 2.35. The molecule has 0 bridgehead atoms. The molecule has 1 saturated heterocycles. The van der Waals surface area contributed by atoms with Gasteiger partial charge in [0, 0.05) is 6.04 Å². The van der Waals surface area contributed by atoms with E-state index in [0.29, 0.717) is 12.6 Å². The summed E-state index contributed by atoms with van der Waals surface area (Å²) in [6.07, 6.45) is -1.41. The molecule has 0 spiro atoms. The minimum atomic E-state index is -4.36. The van der Waals surface area contributed by atoms with Crippen molar-refractivity contribution in [3.8, 4) is 5.75 Å². The van der Waals surface area contributed by atoms with Gasteiger partial charge in [-0.1, -0.05) is 12.1 Å². The molecule has 0 aliphatic carbocycles. The quantitative estimate of drug-likeness (QED) is 0.896. The van der Waals surface area contributed by atoms with Crippen LogP contribution in [0, 0.1) is 0 Å². The average Bonchev–Trinajstić information content (AvgIpc) is 2.81. The van der Waals surface area contributed by atoms with Crippen molar-refractivity contribution in [2.24, 2.45) is 0 Å². The summed E-state index contributed by atoms with van der Waals surface area (Å²) in [4.78, 5) is 0. The zero-order chi connectivity index (χ0) is 13.0. The van der Waals surface area contributed by atoms with Gasteiger partial charge in [-0.3, -0.25) is 0 Å². The summed E-state index contributed by atoms with van der Waals surface area (Å²) in [7, 11) is 0. The summed E-state index contributed by atoms with van der Waals surface area (Å²) in [6.45, 7) is 1.30. The molecule has 0 radical (unpaired) electrons. The first-order valence-corrected chi connectivity index (χ1v) is 6.10. The molecule has 1 N–H and O–H groups in total. The van der Waals surface area contributed by atoms with Crippen LogP contribution in [0.4, 0.5) is 13.2 Å². The summed E-state index contributed by atoms with van der Waals surface area (Å²) in [5.41, 5.74) is -0.704. The normalized spacial score (nSPS) is 20.1. The smallest absolute Gasteiger partial charge is 0.419 e. The van der Waals surface area contributed by atoms with Crippen LogP contribution >= 0.6 is 0 Å². The average molecular weight is 259 g/mol. The number of halogens is 3. The molecule has 0 amide bonds. The van der Waals surface area contributed by atoms with E-state index in [9.17, 15) is 13.2 Å². The largest absolute Gasteiger partial charge is 0.493 e. The number of hydrogen-bond donors (Lipinski definition) is 1. The highest BCUT2D eigenvalue weighted by atomic mass is 19.4. The summed E-state index contributed by atoms with van der Waals surface area (Å²) in [5.74, 6) is -0.0806. The lowest BCUT2D eigenvalue weighted by Gasteiger charge is -2.15. The molecule has 18 heavy (non-hydrogen) atoms. The van der Waals surface area contributed by atoms with E-state index in [1.54, 1.807) is 6.07 Å². The van der Waals surface area contributed by atoms with Crippen LogP contribution in [-0.2, 0) is 6.18 Å². The Bertz CT molecular complexity index is 386. The first-order valence-electron chi connectivity index (χ1n) is 6.10. The van der Waals surface area contributed by atoms with Gasteiger partial charge in [0.2, 0.25) is 0 Å². The molecule has 1 aliphatic rings. The lowest BCUT2D eigenvalue weighted by Crippen LogP contribution is -2.23. The zero-order valence-corrected chi connectivity index (χ0v) is 9.96. The van der Waals surface area contributed by atoms with E-state index >= 15 is 0 Å². The van der Waals surface area contributed by atoms with E-state index in [4.69, 9.17) is 4.74 Å². The maximum atomic E-state index is 12.7. The minimum absolute atomic E-state index is 0.0806. The second kappa shape index (κ2) is 5.61. The fourth-order valence-electron chi connectivity index (χ4n) is 2.14. The molecular weight excluding hydrogens is 243 g/mol. The second-order valence-corrected chi connectivity index (χ2v) is 4.42. The fourth-order valence-corrected chi connectivity index (χ4v) is 2.14. The Labute approximate surface area is 104 Å². The van der Waals surface area contributed by atoms with Crippen molar-refractivity contribution in [2.45, 2.75) is 31.5 Å². The second-order valence-electron chi connectivity index (χ2n) is 4.42. The van der Waals surface area contributed by atoms with Crippen LogP contribution in [0.3, 0.4) is 0 Å². The molecule has 1 heterocycles. The number of benzene rings is 1. The predicted octanol–water partition coefficient (Wildman–Crippen LogP) is 3.23. The molecule has 2 rings (SSSR count). The topological polar surface area (TPSA) is 21.3 Å². The Morgan fingerprint density at radius 3 is 2.72 bits per heavy atom. The van der Waals surface area contributed by atoms with Crippen molar-refractivity contribution in [3.05, 3.63) is 29.8 Å². The summed E-state index contributed by atoms with van der Waals surface area (Å²) in [5, 5.41) is 3.29.